The van der Waals surface area contributed by atoms with E-state index in [0.717, 1.165) is 4.90 Å². The highest BCUT2D eigenvalue weighted by Crippen LogP contribution is 2.22. The predicted octanol–water partition coefficient (Wildman–Crippen LogP) is 1.77. The number of H-pyrrole nitrogens is 1. The Morgan fingerprint density at radius 1 is 1.20 bits per heavy atom. The Bertz CT molecular complexity index is 584. The molecule has 0 atom stereocenters. The van der Waals surface area contributed by atoms with Gasteiger partial charge >= 0.3 is 5.97 Å². The molecule has 0 aromatic carbocycles. The van der Waals surface area contributed by atoms with Crippen molar-refractivity contribution < 1.29 is 19.5 Å². The fourth-order valence-electron chi connectivity index (χ4n) is 2.06. The molecule has 0 unspecified atom stereocenters. The Balaban J connectivity index is 3.27. The number of carboxylic acids is 1. The number of Topliss-reactive ketones (excluding diaryl/α,β-unsaturated/α-hetero) is 1. The molecule has 0 spiro atoms. The van der Waals surface area contributed by atoms with Crippen LogP contribution in [0, 0.1) is 13.8 Å². The number of aromatic amines is 1. The van der Waals surface area contributed by atoms with Crippen LogP contribution < -0.4 is 0 Å². The molecule has 0 aliphatic carbocycles. The third-order valence-electron chi connectivity index (χ3n) is 3.67. The molecule has 1 aromatic rings. The molecule has 6 heteroatoms. The number of carbonyl (C=O) groups excluding carboxylic acids is 2. The maximum Gasteiger partial charge on any atom is 0.329 e. The van der Waals surface area contributed by atoms with Crippen molar-refractivity contribution >= 4 is 17.7 Å². The number of likely N-dealkylation sites (N-methyl/N-ethyl adjacent to an activating group) is 1. The minimum Gasteiger partial charge on any atom is -0.480 e. The molecule has 1 amide bonds. The number of carbonyl (C=O) groups is 3. The number of aliphatic carboxylic acids is 1. The van der Waals surface area contributed by atoms with E-state index in [1.807, 2.05) is 0 Å². The first-order valence-electron chi connectivity index (χ1n) is 6.23. The molecule has 0 saturated heterocycles. The molecule has 1 aromatic heterocycles. The number of aryl methyl sites for hydroxylation is 1. The van der Waals surface area contributed by atoms with Gasteiger partial charge in [0, 0.05) is 18.3 Å². The van der Waals surface area contributed by atoms with Gasteiger partial charge in [0.15, 0.2) is 5.78 Å². The van der Waals surface area contributed by atoms with E-state index in [1.54, 1.807) is 13.8 Å². The Morgan fingerprint density at radius 2 is 1.70 bits per heavy atom. The summed E-state index contributed by atoms with van der Waals surface area (Å²) in [6.45, 7) is 7.72. The van der Waals surface area contributed by atoms with Crippen molar-refractivity contribution in [3.63, 3.8) is 0 Å². The lowest BCUT2D eigenvalue weighted by Gasteiger charge is -2.31. The van der Waals surface area contributed by atoms with E-state index in [9.17, 15) is 14.4 Å². The van der Waals surface area contributed by atoms with Gasteiger partial charge in [-0.2, -0.15) is 0 Å². The average Bonchev–Trinajstić information content (AvgIpc) is 2.62. The van der Waals surface area contributed by atoms with Crippen LogP contribution in [0.3, 0.4) is 0 Å². The molecular formula is C14H20N2O4. The van der Waals surface area contributed by atoms with E-state index in [-0.39, 0.29) is 11.5 Å². The molecule has 1 heterocycles. The highest BCUT2D eigenvalue weighted by Gasteiger charge is 2.37. The highest BCUT2D eigenvalue weighted by molar-refractivity contribution is 6.03. The normalized spacial score (nSPS) is 11.3. The summed E-state index contributed by atoms with van der Waals surface area (Å²) in [6.07, 6.45) is 0. The third-order valence-corrected chi connectivity index (χ3v) is 3.67. The molecular weight excluding hydrogens is 260 g/mol. The van der Waals surface area contributed by atoms with Crippen LogP contribution in [-0.4, -0.2) is 45.2 Å². The Labute approximate surface area is 117 Å². The minimum atomic E-state index is -1.33. The first kappa shape index (κ1) is 15.9. The Morgan fingerprint density at radius 3 is 2.05 bits per heavy atom. The summed E-state index contributed by atoms with van der Waals surface area (Å²) in [5.74, 6) is -1.68. The van der Waals surface area contributed by atoms with Crippen molar-refractivity contribution in [2.24, 2.45) is 0 Å². The maximum atomic E-state index is 12.4. The van der Waals surface area contributed by atoms with Crippen molar-refractivity contribution in [2.45, 2.75) is 40.2 Å². The Hall–Kier alpha value is -2.11. The number of hydrogen-bond acceptors (Lipinski definition) is 3. The van der Waals surface area contributed by atoms with Crippen LogP contribution >= 0.6 is 0 Å². The number of nitrogens with zero attached hydrogens (tertiary/aromatic N) is 1. The van der Waals surface area contributed by atoms with E-state index in [2.05, 4.69) is 4.98 Å². The number of rotatable bonds is 4. The van der Waals surface area contributed by atoms with Crippen LogP contribution in [0.1, 0.15) is 52.9 Å². The lowest BCUT2D eigenvalue weighted by Crippen LogP contribution is -2.51. The average molecular weight is 280 g/mol. The molecule has 20 heavy (non-hydrogen) atoms. The van der Waals surface area contributed by atoms with Crippen LogP contribution in [-0.2, 0) is 4.79 Å². The molecule has 0 fully saturated rings. The number of nitrogens with one attached hydrogen (secondary N) is 1. The van der Waals surface area contributed by atoms with Crippen molar-refractivity contribution in [3.8, 4) is 0 Å². The lowest BCUT2D eigenvalue weighted by molar-refractivity contribution is -0.147. The zero-order valence-corrected chi connectivity index (χ0v) is 12.6. The van der Waals surface area contributed by atoms with Gasteiger partial charge in [-0.1, -0.05) is 0 Å². The number of hydrogen-bond donors (Lipinski definition) is 2. The van der Waals surface area contributed by atoms with Gasteiger partial charge < -0.3 is 15.0 Å². The molecule has 2 N–H and O–H groups in total. The molecule has 110 valence electrons. The Kier molecular flexibility index (Phi) is 4.07. The topological polar surface area (TPSA) is 90.5 Å². The second-order valence-electron chi connectivity index (χ2n) is 5.41. The summed E-state index contributed by atoms with van der Waals surface area (Å²) in [6, 6.07) is 0. The van der Waals surface area contributed by atoms with Gasteiger partial charge in [0.05, 0.1) is 0 Å². The first-order chi connectivity index (χ1) is 9.01. The van der Waals surface area contributed by atoms with E-state index < -0.39 is 17.4 Å². The fourth-order valence-corrected chi connectivity index (χ4v) is 2.06. The summed E-state index contributed by atoms with van der Waals surface area (Å²) in [5.41, 5.74) is 0.561. The quantitative estimate of drug-likeness (QED) is 0.822. The first-order valence-corrected chi connectivity index (χ1v) is 6.23. The fraction of sp³-hybridized carbons (Fsp3) is 0.500. The van der Waals surface area contributed by atoms with E-state index in [0.29, 0.717) is 16.8 Å². The zero-order valence-electron chi connectivity index (χ0n) is 12.6. The van der Waals surface area contributed by atoms with Gasteiger partial charge in [0.1, 0.15) is 11.2 Å². The number of aromatic nitrogens is 1. The predicted molar refractivity (Wildman–Crippen MR) is 74.1 cm³/mol. The molecule has 6 nitrogen and oxygen atoms in total. The minimum absolute atomic E-state index is 0.129. The van der Waals surface area contributed by atoms with Crippen molar-refractivity contribution in [2.75, 3.05) is 7.05 Å². The standard InChI is InChI=1S/C14H20N2O4/c1-7-10(9(3)17)8(2)15-11(7)12(18)16(6)14(4,5)13(19)20/h15H,1-6H3,(H,19,20). The SMILES string of the molecule is CC(=O)c1c(C)[nH]c(C(=O)N(C)C(C)(C)C(=O)O)c1C. The van der Waals surface area contributed by atoms with Crippen LogP contribution in [0.15, 0.2) is 0 Å². The second kappa shape index (κ2) is 5.11. The monoisotopic (exact) mass is 280 g/mol. The van der Waals surface area contributed by atoms with Crippen molar-refractivity contribution in [3.05, 3.63) is 22.5 Å². The molecule has 0 aliphatic rings. The zero-order chi connectivity index (χ0) is 15.8. The summed E-state index contributed by atoms with van der Waals surface area (Å²) in [7, 11) is 1.43. The third kappa shape index (κ3) is 2.45. The molecule has 0 radical (unpaired) electrons. The highest BCUT2D eigenvalue weighted by atomic mass is 16.4. The summed E-state index contributed by atoms with van der Waals surface area (Å²) < 4.78 is 0. The van der Waals surface area contributed by atoms with Crippen molar-refractivity contribution in [1.82, 2.24) is 9.88 Å². The summed E-state index contributed by atoms with van der Waals surface area (Å²) in [5, 5.41) is 9.17. The number of ketones is 1. The van der Waals surface area contributed by atoms with Crippen molar-refractivity contribution in [1.29, 1.82) is 0 Å². The molecule has 1 rings (SSSR count). The van der Waals surface area contributed by atoms with Crippen LogP contribution in [0.4, 0.5) is 0 Å². The van der Waals surface area contributed by atoms with E-state index >= 15 is 0 Å². The number of amides is 1. The van der Waals surface area contributed by atoms with Gasteiger partial charge in [-0.15, -0.1) is 0 Å². The molecule has 0 saturated carbocycles. The van der Waals surface area contributed by atoms with Gasteiger partial charge in [-0.3, -0.25) is 9.59 Å². The van der Waals surface area contributed by atoms with Crippen LogP contribution in [0.2, 0.25) is 0 Å². The maximum absolute atomic E-state index is 12.4. The van der Waals surface area contributed by atoms with Gasteiger partial charge in [-0.05, 0) is 40.2 Å². The van der Waals surface area contributed by atoms with Gasteiger partial charge in [0.2, 0.25) is 0 Å². The number of carboxylic acid groups (broad SMARTS) is 1. The second-order valence-corrected chi connectivity index (χ2v) is 5.41. The van der Waals surface area contributed by atoms with Gasteiger partial charge in [0.25, 0.3) is 5.91 Å². The summed E-state index contributed by atoms with van der Waals surface area (Å²) in [4.78, 5) is 39.2. The molecule has 0 bridgehead atoms. The van der Waals surface area contributed by atoms with E-state index in [4.69, 9.17) is 5.11 Å². The van der Waals surface area contributed by atoms with Crippen LogP contribution in [0.5, 0.6) is 0 Å². The largest absolute Gasteiger partial charge is 0.480 e. The van der Waals surface area contributed by atoms with Crippen LogP contribution in [0.25, 0.3) is 0 Å². The summed E-state index contributed by atoms with van der Waals surface area (Å²) >= 11 is 0. The molecule has 0 aliphatic heterocycles. The van der Waals surface area contributed by atoms with Gasteiger partial charge in [-0.25, -0.2) is 4.79 Å². The lowest BCUT2D eigenvalue weighted by atomic mass is 10.0. The van der Waals surface area contributed by atoms with E-state index in [1.165, 1.54) is 27.8 Å². The smallest absolute Gasteiger partial charge is 0.329 e.